The second kappa shape index (κ2) is 15.1. The van der Waals surface area contributed by atoms with Crippen molar-refractivity contribution in [3.8, 4) is 44.8 Å². The lowest BCUT2D eigenvalue weighted by atomic mass is 9.32. The summed E-state index contributed by atoms with van der Waals surface area (Å²) < 4.78 is 5.37. The fourth-order valence-electron chi connectivity index (χ4n) is 15.9. The van der Waals surface area contributed by atoms with Crippen molar-refractivity contribution in [3.63, 3.8) is 0 Å². The summed E-state index contributed by atoms with van der Waals surface area (Å²) in [5, 5.41) is 8.03. The van der Waals surface area contributed by atoms with E-state index in [9.17, 15) is 0 Å². The Bertz CT molecular complexity index is 4670. The third kappa shape index (κ3) is 5.75. The van der Waals surface area contributed by atoms with Gasteiger partial charge in [-0.1, -0.05) is 183 Å². The maximum absolute atomic E-state index is 2.75. The van der Waals surface area contributed by atoms with E-state index in [1.165, 1.54) is 186 Å². The molecule has 5 aliphatic rings. The molecule has 0 spiro atoms. The first-order chi connectivity index (χ1) is 37.7. The van der Waals surface area contributed by atoms with Crippen LogP contribution < -0.4 is 21.3 Å². The average Bonchev–Trinajstić information content (AvgIpc) is 2.25. The highest BCUT2D eigenvalue weighted by molar-refractivity contribution is 7.01. The number of nitrogens with zero attached hydrogens (tertiary/aromatic N) is 3. The monoisotopic (exact) mass is 1000 g/mol. The molecule has 12 aromatic rings. The van der Waals surface area contributed by atoms with Gasteiger partial charge >= 0.3 is 0 Å². The first-order valence-corrected chi connectivity index (χ1v) is 28.8. The number of hydrogen-bond donors (Lipinski definition) is 0. The summed E-state index contributed by atoms with van der Waals surface area (Å²) in [6.45, 7) is 19.0. The average molecular weight is 1000 g/mol. The maximum atomic E-state index is 2.75. The second-order valence-electron chi connectivity index (χ2n) is 26.3. The molecule has 17 rings (SSSR count). The van der Waals surface area contributed by atoms with Crippen LogP contribution in [-0.4, -0.2) is 15.8 Å². The van der Waals surface area contributed by atoms with Crippen molar-refractivity contribution < 1.29 is 0 Å². The van der Waals surface area contributed by atoms with Gasteiger partial charge in [0.25, 0.3) is 6.71 Å². The number of benzene rings is 10. The van der Waals surface area contributed by atoms with Crippen molar-refractivity contribution in [1.29, 1.82) is 0 Å². The molecule has 0 radical (unpaired) electrons. The van der Waals surface area contributed by atoms with Crippen molar-refractivity contribution in [3.05, 3.63) is 204 Å². The number of rotatable bonds is 3. The predicted octanol–water partition coefficient (Wildman–Crippen LogP) is 17.9. The molecule has 3 aliphatic carbocycles. The van der Waals surface area contributed by atoms with Gasteiger partial charge in [-0.3, -0.25) is 0 Å². The van der Waals surface area contributed by atoms with Crippen LogP contribution in [0.15, 0.2) is 176 Å². The minimum absolute atomic E-state index is 0.0132. The lowest BCUT2D eigenvalue weighted by Crippen LogP contribution is -2.61. The summed E-state index contributed by atoms with van der Waals surface area (Å²) in [4.78, 5) is 2.65. The Balaban J connectivity index is 1.07. The number of fused-ring (bicyclic) bond motifs is 14. The van der Waals surface area contributed by atoms with Gasteiger partial charge in [0.2, 0.25) is 0 Å². The van der Waals surface area contributed by atoms with Crippen LogP contribution in [0, 0.1) is 0 Å². The molecule has 0 atom stereocenters. The Labute approximate surface area is 457 Å². The molecule has 1 fully saturated rings. The van der Waals surface area contributed by atoms with E-state index in [-0.39, 0.29) is 23.0 Å². The minimum Gasteiger partial charge on any atom is -0.311 e. The van der Waals surface area contributed by atoms with Gasteiger partial charge in [0.1, 0.15) is 0 Å². The van der Waals surface area contributed by atoms with E-state index in [1.54, 1.807) is 0 Å². The van der Waals surface area contributed by atoms with Crippen LogP contribution in [0.2, 0.25) is 0 Å². The molecule has 10 aromatic carbocycles. The van der Waals surface area contributed by atoms with E-state index in [0.29, 0.717) is 5.92 Å². The minimum atomic E-state index is -0.185. The molecule has 2 aromatic heterocycles. The molecule has 0 saturated heterocycles. The van der Waals surface area contributed by atoms with Crippen LogP contribution in [0.4, 0.5) is 17.1 Å². The van der Waals surface area contributed by atoms with E-state index < -0.39 is 0 Å². The van der Waals surface area contributed by atoms with E-state index in [4.69, 9.17) is 0 Å². The zero-order valence-electron chi connectivity index (χ0n) is 46.1. The summed E-state index contributed by atoms with van der Waals surface area (Å²) >= 11 is 0. The Hall–Kier alpha value is -8.08. The van der Waals surface area contributed by atoms with E-state index in [2.05, 4.69) is 245 Å². The quantitative estimate of drug-likeness (QED) is 0.161. The van der Waals surface area contributed by atoms with Crippen LogP contribution in [0.3, 0.4) is 0 Å². The Kier molecular flexibility index (Phi) is 8.73. The molecule has 0 N–H and O–H groups in total. The van der Waals surface area contributed by atoms with E-state index >= 15 is 0 Å². The van der Waals surface area contributed by atoms with Crippen LogP contribution in [0.25, 0.3) is 99.1 Å². The molecular formula is C74H62BN3. The predicted molar refractivity (Wildman–Crippen MR) is 333 cm³/mol. The topological polar surface area (TPSA) is 13.1 Å². The zero-order chi connectivity index (χ0) is 52.5. The molecule has 0 unspecified atom stereocenters. The molecule has 4 heterocycles. The Morgan fingerprint density at radius 3 is 1.87 bits per heavy atom. The summed E-state index contributed by atoms with van der Waals surface area (Å²) in [6.07, 6.45) is 5.17. The fraction of sp³-hybridized carbons (Fsp3) is 0.216. The van der Waals surface area contributed by atoms with Crippen molar-refractivity contribution in [2.24, 2.45) is 0 Å². The third-order valence-electron chi connectivity index (χ3n) is 19.7. The molecule has 2 aliphatic heterocycles. The Morgan fingerprint density at radius 1 is 0.462 bits per heavy atom. The smallest absolute Gasteiger partial charge is 0.253 e. The second-order valence-corrected chi connectivity index (χ2v) is 26.3. The highest BCUT2D eigenvalue weighted by Crippen LogP contribution is 2.55. The maximum Gasteiger partial charge on any atom is 0.253 e. The van der Waals surface area contributed by atoms with Crippen LogP contribution >= 0.6 is 0 Å². The highest BCUT2D eigenvalue weighted by atomic mass is 15.2. The SMILES string of the molecule is CC(C)(C)c1ccc(N2c3ccc(C(C)(C)C)cc3B3c4c2cc(-n2c5cccc6c5c5c7c(cccc7ccc52)-c2ccccc2-6)cc4-n2c4ccc(C5CCCC5)cc4c4cc5c(c3c42)-c2ccccc2C5(C)C)cc1. The van der Waals surface area contributed by atoms with Gasteiger partial charge in [-0.05, 0) is 179 Å². The lowest BCUT2D eigenvalue weighted by Gasteiger charge is -2.42. The first kappa shape index (κ1) is 45.0. The number of hydrogen-bond acceptors (Lipinski definition) is 1. The van der Waals surface area contributed by atoms with Crippen molar-refractivity contribution in [2.75, 3.05) is 4.90 Å². The zero-order valence-corrected chi connectivity index (χ0v) is 46.1. The number of aromatic nitrogens is 2. The van der Waals surface area contributed by atoms with Crippen LogP contribution in [0.5, 0.6) is 0 Å². The van der Waals surface area contributed by atoms with Gasteiger partial charge in [0.15, 0.2) is 0 Å². The molecule has 1 saturated carbocycles. The number of anilines is 3. The van der Waals surface area contributed by atoms with Gasteiger partial charge in [-0.15, -0.1) is 0 Å². The Morgan fingerprint density at radius 2 is 1.12 bits per heavy atom. The van der Waals surface area contributed by atoms with Gasteiger partial charge in [-0.2, -0.15) is 0 Å². The summed E-state index contributed by atoms with van der Waals surface area (Å²) in [6, 6.07) is 69.7. The molecule has 0 bridgehead atoms. The van der Waals surface area contributed by atoms with E-state index in [0.717, 1.165) is 0 Å². The van der Waals surface area contributed by atoms with Crippen molar-refractivity contribution >= 4 is 94.5 Å². The summed E-state index contributed by atoms with van der Waals surface area (Å²) in [5.41, 5.74) is 30.3. The molecule has 0 amide bonds. The molecule has 3 nitrogen and oxygen atoms in total. The van der Waals surface area contributed by atoms with E-state index in [1.807, 2.05) is 0 Å². The molecular weight excluding hydrogens is 942 g/mol. The summed E-state index contributed by atoms with van der Waals surface area (Å²) in [5.74, 6) is 0.601. The van der Waals surface area contributed by atoms with Gasteiger partial charge < -0.3 is 14.0 Å². The van der Waals surface area contributed by atoms with Gasteiger partial charge in [0.05, 0.1) is 22.2 Å². The van der Waals surface area contributed by atoms with Crippen molar-refractivity contribution in [2.45, 2.75) is 103 Å². The lowest BCUT2D eigenvalue weighted by molar-refractivity contribution is 0.590. The highest BCUT2D eigenvalue weighted by Gasteiger charge is 2.48. The van der Waals surface area contributed by atoms with Crippen molar-refractivity contribution in [1.82, 2.24) is 9.13 Å². The van der Waals surface area contributed by atoms with Gasteiger partial charge in [0, 0.05) is 55.2 Å². The first-order valence-electron chi connectivity index (χ1n) is 28.8. The van der Waals surface area contributed by atoms with Crippen LogP contribution in [0.1, 0.15) is 115 Å². The molecule has 376 valence electrons. The normalized spacial score (nSPS) is 15.7. The fourth-order valence-corrected chi connectivity index (χ4v) is 15.9. The molecule has 78 heavy (non-hydrogen) atoms. The van der Waals surface area contributed by atoms with Gasteiger partial charge in [-0.25, -0.2) is 0 Å². The summed E-state index contributed by atoms with van der Waals surface area (Å²) in [7, 11) is 0. The molecule has 4 heteroatoms. The third-order valence-corrected chi connectivity index (χ3v) is 19.7. The standard InChI is InChI=1S/C74H62BN3/c1-72(2,3)45-29-32-47(33-30-45)76-60-36-31-46(73(4,5)6)38-58(60)75-69-63(76)39-48(77-61-26-16-24-52-50-21-12-11-20-49(50)51-23-15-19-43-27-35-62(77)68(65(43)51)67(52)61)40-64(69)78-59-34-28-44(42-17-9-10-18-42)37-54(59)55-41-57-66(70(75)71(55)78)53-22-13-14-25-56(53)74(57,7)8/h11-16,19-42H,9-10,17-18H2,1-8H3. The largest absolute Gasteiger partial charge is 0.311 e. The van der Waals surface area contributed by atoms with Crippen LogP contribution in [-0.2, 0) is 16.2 Å².